The topological polar surface area (TPSA) is 32.8 Å². The Morgan fingerprint density at radius 1 is 1.42 bits per heavy atom. The molecule has 0 amide bonds. The van der Waals surface area contributed by atoms with Crippen molar-refractivity contribution >= 4 is 0 Å². The van der Waals surface area contributed by atoms with E-state index in [0.717, 1.165) is 12.8 Å². The molecule has 0 aromatic heterocycles. The Hall–Kier alpha value is -0.0800. The van der Waals surface area contributed by atoms with Gasteiger partial charge >= 0.3 is 0 Å². The van der Waals surface area contributed by atoms with Crippen molar-refractivity contribution < 1.29 is 9.84 Å². The molecule has 2 heteroatoms. The van der Waals surface area contributed by atoms with Crippen LogP contribution in [0.25, 0.3) is 0 Å². The maximum absolute atomic E-state index is 8.97. The molecular weight excluding hydrogens is 152 g/mol. The molecule has 12 heavy (non-hydrogen) atoms. The molecule has 0 bridgehead atoms. The van der Waals surface area contributed by atoms with Gasteiger partial charge in [-0.05, 0) is 31.1 Å². The zero-order valence-electron chi connectivity index (χ0n) is 7.97. The predicted octanol–water partition coefficient (Wildman–Crippen LogP) is 1.72. The van der Waals surface area contributed by atoms with Crippen molar-refractivity contribution in [3.63, 3.8) is 0 Å². The minimum Gasteiger partial charge on any atom is -0.394 e. The number of epoxide rings is 1. The lowest BCUT2D eigenvalue weighted by Crippen LogP contribution is -2.31. The van der Waals surface area contributed by atoms with Crippen LogP contribution < -0.4 is 0 Å². The first-order chi connectivity index (χ1) is 5.58. The number of hydrogen-bond donors (Lipinski definition) is 1. The Balaban J connectivity index is 2.01. The van der Waals surface area contributed by atoms with E-state index < -0.39 is 0 Å². The SMILES string of the molecule is CC1(C)CCCC2(C1)OC2CO. The zero-order chi connectivity index (χ0) is 8.82. The summed E-state index contributed by atoms with van der Waals surface area (Å²) in [5, 5.41) is 8.97. The van der Waals surface area contributed by atoms with Crippen LogP contribution in [0.1, 0.15) is 39.5 Å². The highest BCUT2D eigenvalue weighted by Crippen LogP contribution is 2.53. The molecule has 1 spiro atoms. The fourth-order valence-electron chi connectivity index (χ4n) is 2.68. The molecule has 1 aliphatic heterocycles. The molecule has 1 N–H and O–H groups in total. The summed E-state index contributed by atoms with van der Waals surface area (Å²) in [5.74, 6) is 0. The Morgan fingerprint density at radius 3 is 2.67 bits per heavy atom. The van der Waals surface area contributed by atoms with Gasteiger partial charge in [-0.25, -0.2) is 0 Å². The largest absolute Gasteiger partial charge is 0.394 e. The molecule has 2 fully saturated rings. The van der Waals surface area contributed by atoms with E-state index in [2.05, 4.69) is 13.8 Å². The molecule has 2 unspecified atom stereocenters. The lowest BCUT2D eigenvalue weighted by molar-refractivity contribution is 0.134. The smallest absolute Gasteiger partial charge is 0.110 e. The summed E-state index contributed by atoms with van der Waals surface area (Å²) >= 11 is 0. The van der Waals surface area contributed by atoms with Crippen LogP contribution in [-0.4, -0.2) is 23.4 Å². The summed E-state index contributed by atoms with van der Waals surface area (Å²) < 4.78 is 5.58. The van der Waals surface area contributed by atoms with Gasteiger partial charge in [-0.3, -0.25) is 0 Å². The van der Waals surface area contributed by atoms with Crippen LogP contribution in [0.5, 0.6) is 0 Å². The van der Waals surface area contributed by atoms with Gasteiger partial charge in [0.25, 0.3) is 0 Å². The third-order valence-corrected chi connectivity index (χ3v) is 3.30. The highest BCUT2D eigenvalue weighted by Gasteiger charge is 2.58. The standard InChI is InChI=1S/C10H18O2/c1-9(2)4-3-5-10(7-9)8(6-11)12-10/h8,11H,3-7H2,1-2H3. The first kappa shape index (κ1) is 8.52. The minimum absolute atomic E-state index is 0.0799. The van der Waals surface area contributed by atoms with Gasteiger partial charge in [0.05, 0.1) is 12.2 Å². The molecule has 2 nitrogen and oxygen atoms in total. The summed E-state index contributed by atoms with van der Waals surface area (Å²) in [6.45, 7) is 4.80. The number of aliphatic hydroxyl groups excluding tert-OH is 1. The van der Waals surface area contributed by atoms with Crippen molar-refractivity contribution in [2.24, 2.45) is 5.41 Å². The molecule has 0 aromatic rings. The van der Waals surface area contributed by atoms with Crippen molar-refractivity contribution in [2.75, 3.05) is 6.61 Å². The fourth-order valence-corrected chi connectivity index (χ4v) is 2.68. The van der Waals surface area contributed by atoms with Crippen molar-refractivity contribution in [3.05, 3.63) is 0 Å². The van der Waals surface area contributed by atoms with Crippen LogP contribution >= 0.6 is 0 Å². The lowest BCUT2D eigenvalue weighted by Gasteiger charge is -2.33. The third kappa shape index (κ3) is 1.27. The second-order valence-corrected chi connectivity index (χ2v) is 5.05. The normalized spacial score (nSPS) is 44.8. The zero-order valence-corrected chi connectivity index (χ0v) is 7.97. The van der Waals surface area contributed by atoms with Crippen molar-refractivity contribution in [2.45, 2.75) is 51.2 Å². The molecule has 1 aliphatic carbocycles. The summed E-state index contributed by atoms with van der Waals surface area (Å²) in [7, 11) is 0. The third-order valence-electron chi connectivity index (χ3n) is 3.30. The molecule has 0 radical (unpaired) electrons. The van der Waals surface area contributed by atoms with Gasteiger partial charge in [0.1, 0.15) is 6.10 Å². The quantitative estimate of drug-likeness (QED) is 0.608. The van der Waals surface area contributed by atoms with Gasteiger partial charge in [-0.2, -0.15) is 0 Å². The molecule has 2 aliphatic rings. The average molecular weight is 170 g/mol. The average Bonchev–Trinajstić information content (AvgIpc) is 2.60. The minimum atomic E-state index is 0.0799. The molecule has 1 heterocycles. The van der Waals surface area contributed by atoms with E-state index in [9.17, 15) is 0 Å². The van der Waals surface area contributed by atoms with Gasteiger partial charge in [-0.1, -0.05) is 13.8 Å². The molecule has 2 atom stereocenters. The van der Waals surface area contributed by atoms with Gasteiger partial charge < -0.3 is 9.84 Å². The van der Waals surface area contributed by atoms with Crippen LogP contribution in [0.2, 0.25) is 0 Å². The van der Waals surface area contributed by atoms with Crippen molar-refractivity contribution in [1.29, 1.82) is 0 Å². The van der Waals surface area contributed by atoms with E-state index in [-0.39, 0.29) is 18.3 Å². The lowest BCUT2D eigenvalue weighted by atomic mass is 9.71. The molecule has 0 aromatic carbocycles. The Morgan fingerprint density at radius 2 is 2.17 bits per heavy atom. The number of rotatable bonds is 1. The maximum Gasteiger partial charge on any atom is 0.110 e. The van der Waals surface area contributed by atoms with Gasteiger partial charge in [0.2, 0.25) is 0 Å². The molecule has 1 saturated heterocycles. The Bertz CT molecular complexity index is 188. The Kier molecular flexibility index (Phi) is 1.74. The summed E-state index contributed by atoms with van der Waals surface area (Å²) in [4.78, 5) is 0. The predicted molar refractivity (Wildman–Crippen MR) is 46.9 cm³/mol. The maximum atomic E-state index is 8.97. The molecule has 70 valence electrons. The first-order valence-corrected chi connectivity index (χ1v) is 4.87. The van der Waals surface area contributed by atoms with Crippen LogP contribution in [0, 0.1) is 5.41 Å². The number of hydrogen-bond acceptors (Lipinski definition) is 2. The second kappa shape index (κ2) is 2.46. The monoisotopic (exact) mass is 170 g/mol. The molecule has 2 rings (SSSR count). The van der Waals surface area contributed by atoms with Crippen molar-refractivity contribution in [3.8, 4) is 0 Å². The summed E-state index contributed by atoms with van der Waals surface area (Å²) in [6, 6.07) is 0. The highest BCUT2D eigenvalue weighted by atomic mass is 16.6. The van der Waals surface area contributed by atoms with Crippen molar-refractivity contribution in [1.82, 2.24) is 0 Å². The van der Waals surface area contributed by atoms with E-state index in [1.165, 1.54) is 12.8 Å². The highest BCUT2D eigenvalue weighted by molar-refractivity contribution is 5.07. The summed E-state index contributed by atoms with van der Waals surface area (Å²) in [6.07, 6.45) is 4.99. The van der Waals surface area contributed by atoms with E-state index in [4.69, 9.17) is 9.84 Å². The first-order valence-electron chi connectivity index (χ1n) is 4.87. The van der Waals surface area contributed by atoms with Crippen LogP contribution in [0.3, 0.4) is 0 Å². The van der Waals surface area contributed by atoms with E-state index in [0.29, 0.717) is 5.41 Å². The summed E-state index contributed by atoms with van der Waals surface area (Å²) in [5.41, 5.74) is 0.499. The molecule has 1 saturated carbocycles. The van der Waals surface area contributed by atoms with Crippen LogP contribution in [0.4, 0.5) is 0 Å². The second-order valence-electron chi connectivity index (χ2n) is 5.05. The number of aliphatic hydroxyl groups is 1. The van der Waals surface area contributed by atoms with Gasteiger partial charge in [0.15, 0.2) is 0 Å². The van der Waals surface area contributed by atoms with Crippen LogP contribution in [-0.2, 0) is 4.74 Å². The van der Waals surface area contributed by atoms with E-state index >= 15 is 0 Å². The number of ether oxygens (including phenoxy) is 1. The fraction of sp³-hybridized carbons (Fsp3) is 1.00. The van der Waals surface area contributed by atoms with Crippen LogP contribution in [0.15, 0.2) is 0 Å². The van der Waals surface area contributed by atoms with E-state index in [1.54, 1.807) is 0 Å². The molecular formula is C10H18O2. The van der Waals surface area contributed by atoms with E-state index in [1.807, 2.05) is 0 Å². The van der Waals surface area contributed by atoms with Gasteiger partial charge in [0, 0.05) is 0 Å². The Labute approximate surface area is 73.9 Å². The van der Waals surface area contributed by atoms with Gasteiger partial charge in [-0.15, -0.1) is 0 Å².